The van der Waals surface area contributed by atoms with Crippen LogP contribution in [0.1, 0.15) is 11.4 Å². The molecule has 2 heterocycles. The summed E-state index contributed by atoms with van der Waals surface area (Å²) < 4.78 is 1.94. The lowest BCUT2D eigenvalue weighted by atomic mass is 10.3. The fourth-order valence-electron chi connectivity index (χ4n) is 1.47. The number of hydrogen-bond donors (Lipinski definition) is 1. The topological polar surface area (TPSA) is 42.2 Å². The molecule has 1 aromatic rings. The van der Waals surface area contributed by atoms with Crippen LogP contribution in [0.3, 0.4) is 0 Å². The molecule has 0 aromatic carbocycles. The van der Waals surface area contributed by atoms with Crippen LogP contribution in [0.5, 0.6) is 0 Å². The molecule has 0 unspecified atom stereocenters. The van der Waals surface area contributed by atoms with Gasteiger partial charge in [0.25, 0.3) is 0 Å². The molecule has 0 saturated carbocycles. The summed E-state index contributed by atoms with van der Waals surface area (Å²) in [6.45, 7) is 0. The predicted octanol–water partition coefficient (Wildman–Crippen LogP) is 1.14. The molecule has 1 aliphatic rings. The normalized spacial score (nSPS) is 13.3. The van der Waals surface area contributed by atoms with Crippen molar-refractivity contribution in [2.24, 2.45) is 0 Å². The molecule has 0 radical (unpaired) electrons. The van der Waals surface area contributed by atoms with Gasteiger partial charge in [0.05, 0.1) is 6.42 Å². The van der Waals surface area contributed by atoms with E-state index >= 15 is 0 Å². The van der Waals surface area contributed by atoms with Crippen LogP contribution in [0.4, 0.5) is 0 Å². The molecular formula is C9H9NO2. The Hall–Kier alpha value is -1.51. The minimum absolute atomic E-state index is 0.102. The highest BCUT2D eigenvalue weighted by Gasteiger charge is 2.11. The van der Waals surface area contributed by atoms with E-state index in [1.54, 1.807) is 0 Å². The molecule has 3 heteroatoms. The van der Waals surface area contributed by atoms with E-state index in [0.717, 1.165) is 12.1 Å². The Balaban J connectivity index is 2.33. The van der Waals surface area contributed by atoms with Gasteiger partial charge in [-0.05, 0) is 12.1 Å². The summed E-state index contributed by atoms with van der Waals surface area (Å²) in [5.74, 6) is -0.781. The Morgan fingerprint density at radius 3 is 3.17 bits per heavy atom. The maximum atomic E-state index is 10.4. The summed E-state index contributed by atoms with van der Waals surface area (Å²) in [5.41, 5.74) is 2.03. The first-order valence-electron chi connectivity index (χ1n) is 3.85. The minimum Gasteiger partial charge on any atom is -0.481 e. The third kappa shape index (κ3) is 1.03. The number of nitrogens with zero attached hydrogens (tertiary/aromatic N) is 1. The highest BCUT2D eigenvalue weighted by atomic mass is 16.4. The lowest BCUT2D eigenvalue weighted by Crippen LogP contribution is -2.04. The third-order valence-corrected chi connectivity index (χ3v) is 2.00. The highest BCUT2D eigenvalue weighted by molar-refractivity contribution is 5.70. The fraction of sp³-hybridized carbons (Fsp3) is 0.222. The number of fused-ring (bicyclic) bond motifs is 1. The van der Waals surface area contributed by atoms with Crippen LogP contribution >= 0.6 is 0 Å². The van der Waals surface area contributed by atoms with Crippen LogP contribution in [0.25, 0.3) is 6.20 Å². The smallest absolute Gasteiger partial charge is 0.309 e. The number of hydrogen-bond acceptors (Lipinski definition) is 1. The van der Waals surface area contributed by atoms with Gasteiger partial charge in [-0.2, -0.15) is 0 Å². The monoisotopic (exact) mass is 163 g/mol. The van der Waals surface area contributed by atoms with Crippen molar-refractivity contribution in [3.63, 3.8) is 0 Å². The molecule has 1 N–H and O–H groups in total. The second-order valence-electron chi connectivity index (χ2n) is 2.85. The SMILES string of the molecule is O=C(O)Cc1ccc2n1C=CC2. The summed E-state index contributed by atoms with van der Waals surface area (Å²) >= 11 is 0. The molecule has 0 fully saturated rings. The van der Waals surface area contributed by atoms with Gasteiger partial charge in [-0.15, -0.1) is 0 Å². The number of rotatable bonds is 2. The Morgan fingerprint density at radius 1 is 1.58 bits per heavy atom. The number of carboxylic acid groups (broad SMARTS) is 1. The van der Waals surface area contributed by atoms with E-state index in [2.05, 4.69) is 0 Å². The van der Waals surface area contributed by atoms with Crippen LogP contribution in [0.2, 0.25) is 0 Å². The molecule has 1 aliphatic heterocycles. The third-order valence-electron chi connectivity index (χ3n) is 2.00. The van der Waals surface area contributed by atoms with Crippen molar-refractivity contribution in [3.8, 4) is 0 Å². The van der Waals surface area contributed by atoms with Gasteiger partial charge in [-0.1, -0.05) is 6.08 Å². The van der Waals surface area contributed by atoms with Crippen LogP contribution in [-0.2, 0) is 17.6 Å². The van der Waals surface area contributed by atoms with Crippen LogP contribution in [0, 0.1) is 0 Å². The van der Waals surface area contributed by atoms with Crippen molar-refractivity contribution in [2.45, 2.75) is 12.8 Å². The summed E-state index contributed by atoms with van der Waals surface area (Å²) in [5, 5.41) is 8.58. The molecule has 3 nitrogen and oxygen atoms in total. The van der Waals surface area contributed by atoms with Crippen molar-refractivity contribution in [1.29, 1.82) is 0 Å². The average molecular weight is 163 g/mol. The number of aromatic nitrogens is 1. The van der Waals surface area contributed by atoms with Crippen LogP contribution in [0.15, 0.2) is 18.2 Å². The van der Waals surface area contributed by atoms with Gasteiger partial charge in [0.1, 0.15) is 0 Å². The molecule has 0 aliphatic carbocycles. The van der Waals surface area contributed by atoms with Gasteiger partial charge in [0.15, 0.2) is 0 Å². The molecule has 0 bridgehead atoms. The number of allylic oxidation sites excluding steroid dienone is 1. The largest absolute Gasteiger partial charge is 0.481 e. The number of carboxylic acids is 1. The van der Waals surface area contributed by atoms with Crippen molar-refractivity contribution >= 4 is 12.2 Å². The first-order valence-corrected chi connectivity index (χ1v) is 3.85. The van der Waals surface area contributed by atoms with E-state index in [1.807, 2.05) is 29.0 Å². The van der Waals surface area contributed by atoms with Gasteiger partial charge in [-0.25, -0.2) is 0 Å². The van der Waals surface area contributed by atoms with E-state index in [4.69, 9.17) is 5.11 Å². The molecule has 2 rings (SSSR count). The molecular weight excluding hydrogens is 154 g/mol. The fourth-order valence-corrected chi connectivity index (χ4v) is 1.47. The maximum absolute atomic E-state index is 10.4. The van der Waals surface area contributed by atoms with Crippen molar-refractivity contribution < 1.29 is 9.90 Å². The minimum atomic E-state index is -0.781. The highest BCUT2D eigenvalue weighted by Crippen LogP contribution is 2.16. The molecule has 12 heavy (non-hydrogen) atoms. The standard InChI is InChI=1S/C9H9NO2/c11-9(12)6-8-4-3-7-2-1-5-10(7)8/h1,3-5H,2,6H2,(H,11,12). The lowest BCUT2D eigenvalue weighted by Gasteiger charge is -1.99. The zero-order valence-corrected chi connectivity index (χ0v) is 6.53. The van der Waals surface area contributed by atoms with Crippen LogP contribution < -0.4 is 0 Å². The summed E-state index contributed by atoms with van der Waals surface area (Å²) in [6, 6.07) is 3.84. The molecule has 0 spiro atoms. The van der Waals surface area contributed by atoms with Crippen molar-refractivity contribution in [1.82, 2.24) is 4.57 Å². The molecule has 1 aromatic heterocycles. The van der Waals surface area contributed by atoms with Crippen molar-refractivity contribution in [3.05, 3.63) is 29.6 Å². The van der Waals surface area contributed by atoms with Gasteiger partial charge < -0.3 is 9.67 Å². The molecule has 0 saturated heterocycles. The van der Waals surface area contributed by atoms with E-state index in [-0.39, 0.29) is 6.42 Å². The molecule has 62 valence electrons. The van der Waals surface area contributed by atoms with Crippen LogP contribution in [-0.4, -0.2) is 15.6 Å². The quantitative estimate of drug-likeness (QED) is 0.710. The maximum Gasteiger partial charge on any atom is 0.309 e. The van der Waals surface area contributed by atoms with Gasteiger partial charge in [0.2, 0.25) is 0 Å². The summed E-state index contributed by atoms with van der Waals surface area (Å²) in [6.07, 6.45) is 4.97. The first-order chi connectivity index (χ1) is 5.77. The lowest BCUT2D eigenvalue weighted by molar-refractivity contribution is -0.136. The van der Waals surface area contributed by atoms with E-state index in [1.165, 1.54) is 5.69 Å². The second-order valence-corrected chi connectivity index (χ2v) is 2.85. The summed E-state index contributed by atoms with van der Waals surface area (Å²) in [4.78, 5) is 10.4. The number of aliphatic carboxylic acids is 1. The van der Waals surface area contributed by atoms with Gasteiger partial charge >= 0.3 is 5.97 Å². The first kappa shape index (κ1) is 7.16. The van der Waals surface area contributed by atoms with E-state index in [0.29, 0.717) is 0 Å². The average Bonchev–Trinajstić information content (AvgIpc) is 2.52. The Morgan fingerprint density at radius 2 is 2.42 bits per heavy atom. The number of carbonyl (C=O) groups is 1. The Labute approximate surface area is 69.9 Å². The van der Waals surface area contributed by atoms with E-state index < -0.39 is 5.97 Å². The Kier molecular flexibility index (Phi) is 1.50. The molecule has 0 amide bonds. The predicted molar refractivity (Wildman–Crippen MR) is 44.8 cm³/mol. The van der Waals surface area contributed by atoms with Gasteiger partial charge in [0, 0.05) is 24.0 Å². The van der Waals surface area contributed by atoms with Crippen molar-refractivity contribution in [2.75, 3.05) is 0 Å². The summed E-state index contributed by atoms with van der Waals surface area (Å²) in [7, 11) is 0. The molecule has 0 atom stereocenters. The zero-order valence-electron chi connectivity index (χ0n) is 6.53. The zero-order chi connectivity index (χ0) is 8.55. The second kappa shape index (κ2) is 2.52. The van der Waals surface area contributed by atoms with E-state index in [9.17, 15) is 4.79 Å². The van der Waals surface area contributed by atoms with Gasteiger partial charge in [-0.3, -0.25) is 4.79 Å². The Bertz CT molecular complexity index is 349.